The summed E-state index contributed by atoms with van der Waals surface area (Å²) in [7, 11) is 4.46. The normalized spacial score (nSPS) is 14.8. The van der Waals surface area contributed by atoms with E-state index in [1.54, 1.807) is 24.3 Å². The second-order valence-corrected chi connectivity index (χ2v) is 8.19. The summed E-state index contributed by atoms with van der Waals surface area (Å²) in [6.07, 6.45) is 0. The summed E-state index contributed by atoms with van der Waals surface area (Å²) in [4.78, 5) is 28.9. The Hall–Kier alpha value is -4.33. The Labute approximate surface area is 200 Å². The molecule has 1 aromatic heterocycles. The summed E-state index contributed by atoms with van der Waals surface area (Å²) in [6, 6.07) is 13.5. The zero-order valence-corrected chi connectivity index (χ0v) is 19.5. The van der Waals surface area contributed by atoms with Gasteiger partial charge in [-0.1, -0.05) is 17.7 Å². The average molecular weight is 475 g/mol. The number of anilines is 1. The van der Waals surface area contributed by atoms with Gasteiger partial charge >= 0.3 is 0 Å². The topological polar surface area (TPSA) is 78.2 Å². The predicted octanol–water partition coefficient (Wildman–Crippen LogP) is 5.02. The fraction of sp³-hybridized carbons (Fsp3) is 0.185. The second kappa shape index (κ2) is 8.47. The van der Waals surface area contributed by atoms with Crippen molar-refractivity contribution in [2.75, 3.05) is 26.2 Å². The number of hydrogen-bond acceptors (Lipinski definition) is 6. The summed E-state index contributed by atoms with van der Waals surface area (Å²) in [5, 5.41) is 0.0553. The summed E-state index contributed by atoms with van der Waals surface area (Å²) in [6.45, 7) is 1.94. The molecule has 1 amide bonds. The molecule has 0 fully saturated rings. The molecule has 35 heavy (non-hydrogen) atoms. The van der Waals surface area contributed by atoms with E-state index in [9.17, 15) is 14.0 Å². The average Bonchev–Trinajstić information content (AvgIpc) is 3.16. The van der Waals surface area contributed by atoms with E-state index in [2.05, 4.69) is 0 Å². The highest BCUT2D eigenvalue weighted by molar-refractivity contribution is 6.10. The molecule has 0 bridgehead atoms. The molecule has 0 radical (unpaired) electrons. The van der Waals surface area contributed by atoms with Gasteiger partial charge < -0.3 is 18.6 Å². The van der Waals surface area contributed by atoms with Crippen LogP contribution < -0.4 is 24.5 Å². The van der Waals surface area contributed by atoms with E-state index in [0.717, 1.165) is 11.6 Å². The van der Waals surface area contributed by atoms with Crippen molar-refractivity contribution in [3.8, 4) is 17.2 Å². The minimum absolute atomic E-state index is 0.0553. The summed E-state index contributed by atoms with van der Waals surface area (Å²) >= 11 is 0. The number of methoxy groups -OCH3 is 3. The van der Waals surface area contributed by atoms with Gasteiger partial charge in [-0.15, -0.1) is 0 Å². The maximum atomic E-state index is 14.0. The quantitative estimate of drug-likeness (QED) is 0.404. The molecular weight excluding hydrogens is 453 g/mol. The molecular formula is C27H22FNO6. The van der Waals surface area contributed by atoms with Crippen molar-refractivity contribution in [3.63, 3.8) is 0 Å². The van der Waals surface area contributed by atoms with Gasteiger partial charge in [0.15, 0.2) is 16.9 Å². The van der Waals surface area contributed by atoms with Gasteiger partial charge in [-0.2, -0.15) is 0 Å². The number of nitrogens with zero attached hydrogens (tertiary/aromatic N) is 1. The third-order valence-corrected chi connectivity index (χ3v) is 6.15. The summed E-state index contributed by atoms with van der Waals surface area (Å²) < 4.78 is 36.4. The number of carbonyl (C=O) groups is 1. The predicted molar refractivity (Wildman–Crippen MR) is 128 cm³/mol. The number of aryl methyl sites for hydroxylation is 1. The maximum absolute atomic E-state index is 14.0. The van der Waals surface area contributed by atoms with Crippen LogP contribution in [0.2, 0.25) is 0 Å². The van der Waals surface area contributed by atoms with Gasteiger partial charge in [0, 0.05) is 5.69 Å². The molecule has 7 nitrogen and oxygen atoms in total. The molecule has 1 unspecified atom stereocenters. The van der Waals surface area contributed by atoms with Gasteiger partial charge in [0.1, 0.15) is 11.4 Å². The molecule has 178 valence electrons. The van der Waals surface area contributed by atoms with Gasteiger partial charge in [0.05, 0.1) is 38.3 Å². The van der Waals surface area contributed by atoms with Gasteiger partial charge in [-0.05, 0) is 55.0 Å². The van der Waals surface area contributed by atoms with Crippen molar-refractivity contribution in [3.05, 3.63) is 93.1 Å². The highest BCUT2D eigenvalue weighted by Crippen LogP contribution is 2.46. The SMILES string of the molecule is COc1cc(C2c3c(oc4ccc(F)cc4c3=O)C(=O)N2c2ccc(C)cc2)cc(OC)c1OC. The Morgan fingerprint density at radius 2 is 1.54 bits per heavy atom. The van der Waals surface area contributed by atoms with Crippen LogP contribution in [-0.4, -0.2) is 27.2 Å². The van der Waals surface area contributed by atoms with Crippen LogP contribution >= 0.6 is 0 Å². The molecule has 0 saturated heterocycles. The highest BCUT2D eigenvalue weighted by atomic mass is 19.1. The summed E-state index contributed by atoms with van der Waals surface area (Å²) in [5.41, 5.74) is 1.89. The first-order valence-corrected chi connectivity index (χ1v) is 10.8. The maximum Gasteiger partial charge on any atom is 0.295 e. The third-order valence-electron chi connectivity index (χ3n) is 6.15. The lowest BCUT2D eigenvalue weighted by Gasteiger charge is -2.26. The molecule has 0 spiro atoms. The van der Waals surface area contributed by atoms with Gasteiger partial charge in [0.2, 0.25) is 11.5 Å². The zero-order valence-electron chi connectivity index (χ0n) is 19.5. The van der Waals surface area contributed by atoms with Gasteiger partial charge in [-0.3, -0.25) is 14.5 Å². The van der Waals surface area contributed by atoms with Crippen LogP contribution in [0.5, 0.6) is 17.2 Å². The van der Waals surface area contributed by atoms with E-state index in [4.69, 9.17) is 18.6 Å². The Kier molecular flexibility index (Phi) is 5.43. The van der Waals surface area contributed by atoms with Crippen molar-refractivity contribution in [1.82, 2.24) is 0 Å². The lowest BCUT2D eigenvalue weighted by molar-refractivity contribution is 0.0971. The number of carbonyl (C=O) groups excluding carboxylic acids is 1. The molecule has 5 rings (SSSR count). The lowest BCUT2D eigenvalue weighted by Crippen LogP contribution is -2.29. The number of amides is 1. The van der Waals surface area contributed by atoms with Crippen molar-refractivity contribution in [2.24, 2.45) is 0 Å². The van der Waals surface area contributed by atoms with Crippen LogP contribution in [0.15, 0.2) is 63.8 Å². The molecule has 1 aliphatic heterocycles. The van der Waals surface area contributed by atoms with E-state index >= 15 is 0 Å². The Morgan fingerprint density at radius 1 is 0.886 bits per heavy atom. The molecule has 0 saturated carbocycles. The van der Waals surface area contributed by atoms with Crippen LogP contribution in [0, 0.1) is 12.7 Å². The molecule has 0 aliphatic carbocycles. The molecule has 3 aromatic carbocycles. The molecule has 4 aromatic rings. The van der Waals surface area contributed by atoms with Crippen LogP contribution in [-0.2, 0) is 0 Å². The van der Waals surface area contributed by atoms with E-state index in [-0.39, 0.29) is 22.3 Å². The Balaban J connectivity index is 1.84. The fourth-order valence-electron chi connectivity index (χ4n) is 4.49. The van der Waals surface area contributed by atoms with Crippen LogP contribution in [0.3, 0.4) is 0 Å². The third kappa shape index (κ3) is 3.49. The number of benzene rings is 3. The van der Waals surface area contributed by atoms with E-state index in [0.29, 0.717) is 28.5 Å². The minimum atomic E-state index is -0.877. The monoisotopic (exact) mass is 475 g/mol. The van der Waals surface area contributed by atoms with Crippen molar-refractivity contribution < 1.29 is 27.8 Å². The van der Waals surface area contributed by atoms with E-state index in [1.807, 2.05) is 19.1 Å². The standard InChI is InChI=1S/C27H22FNO6/c1-14-5-8-17(9-6-14)29-23(15-11-20(32-2)25(34-4)21(12-15)33-3)22-24(30)18-13-16(28)7-10-19(18)35-26(22)27(29)31/h5-13,23H,1-4H3. The van der Waals surface area contributed by atoms with Gasteiger partial charge in [-0.25, -0.2) is 4.39 Å². The molecule has 1 aliphatic rings. The largest absolute Gasteiger partial charge is 0.493 e. The van der Waals surface area contributed by atoms with Gasteiger partial charge in [0.25, 0.3) is 5.91 Å². The first-order valence-electron chi connectivity index (χ1n) is 10.8. The van der Waals surface area contributed by atoms with Crippen molar-refractivity contribution >= 4 is 22.6 Å². The van der Waals surface area contributed by atoms with Crippen LogP contribution in [0.4, 0.5) is 10.1 Å². The molecule has 2 heterocycles. The second-order valence-electron chi connectivity index (χ2n) is 8.19. The summed E-state index contributed by atoms with van der Waals surface area (Å²) in [5.74, 6) is -0.0448. The van der Waals surface area contributed by atoms with E-state index < -0.39 is 23.2 Å². The lowest BCUT2D eigenvalue weighted by atomic mass is 9.97. The van der Waals surface area contributed by atoms with Crippen LogP contribution in [0.1, 0.15) is 33.3 Å². The molecule has 1 atom stereocenters. The Morgan fingerprint density at radius 3 is 2.14 bits per heavy atom. The minimum Gasteiger partial charge on any atom is -0.493 e. The number of fused-ring (bicyclic) bond motifs is 2. The fourth-order valence-corrected chi connectivity index (χ4v) is 4.49. The van der Waals surface area contributed by atoms with Crippen molar-refractivity contribution in [1.29, 1.82) is 0 Å². The van der Waals surface area contributed by atoms with E-state index in [1.165, 1.54) is 38.4 Å². The smallest absolute Gasteiger partial charge is 0.295 e. The molecule has 0 N–H and O–H groups in total. The highest BCUT2D eigenvalue weighted by Gasteiger charge is 2.44. The zero-order chi connectivity index (χ0) is 24.9. The van der Waals surface area contributed by atoms with Crippen molar-refractivity contribution in [2.45, 2.75) is 13.0 Å². The number of ether oxygens (including phenoxy) is 3. The first kappa shape index (κ1) is 22.5. The molecule has 8 heteroatoms. The number of halogens is 1. The Bertz CT molecular complexity index is 1500. The number of rotatable bonds is 5. The van der Waals surface area contributed by atoms with Crippen LogP contribution in [0.25, 0.3) is 11.0 Å². The number of hydrogen-bond donors (Lipinski definition) is 0. The first-order chi connectivity index (χ1) is 16.9.